The van der Waals surface area contributed by atoms with Gasteiger partial charge in [-0.05, 0) is 18.2 Å². The summed E-state index contributed by atoms with van der Waals surface area (Å²) in [5, 5.41) is 0.0674. The third-order valence-corrected chi connectivity index (χ3v) is 3.23. The first-order valence-corrected chi connectivity index (χ1v) is 6.97. The van der Waals surface area contributed by atoms with Gasteiger partial charge in [-0.25, -0.2) is 4.98 Å². The van der Waals surface area contributed by atoms with Crippen LogP contribution in [-0.4, -0.2) is 17.6 Å². The van der Waals surface area contributed by atoms with Crippen molar-refractivity contribution in [2.45, 2.75) is 6.36 Å². The van der Waals surface area contributed by atoms with Crippen LogP contribution in [0.2, 0.25) is 0 Å². The zero-order valence-corrected chi connectivity index (χ0v) is 13.0. The van der Waals surface area contributed by atoms with E-state index in [0.29, 0.717) is 11.8 Å². The second-order valence-corrected chi connectivity index (χ2v) is 5.09. The predicted molar refractivity (Wildman–Crippen MR) is 86.7 cm³/mol. The topological polar surface area (TPSA) is 39.2 Å². The van der Waals surface area contributed by atoms with Crippen LogP contribution in [0.4, 0.5) is 13.2 Å². The summed E-state index contributed by atoms with van der Waals surface area (Å²) in [5.74, 6) is -0.474. The predicted octanol–water partition coefficient (Wildman–Crippen LogP) is 5.31. The summed E-state index contributed by atoms with van der Waals surface area (Å²) < 4.78 is 41.8. The van der Waals surface area contributed by atoms with Gasteiger partial charge in [0.15, 0.2) is 6.29 Å². The van der Waals surface area contributed by atoms with Crippen LogP contribution in [-0.2, 0) is 0 Å². The van der Waals surface area contributed by atoms with Crippen LogP contribution in [0.25, 0.3) is 22.4 Å². The molecule has 0 saturated heterocycles. The van der Waals surface area contributed by atoms with Gasteiger partial charge < -0.3 is 4.74 Å². The van der Waals surface area contributed by atoms with Crippen molar-refractivity contribution < 1.29 is 22.7 Å². The summed E-state index contributed by atoms with van der Waals surface area (Å²) >= 11 is 5.88. The lowest BCUT2D eigenvalue weighted by Gasteiger charge is -2.15. The third kappa shape index (κ3) is 3.83. The van der Waals surface area contributed by atoms with Crippen LogP contribution in [0, 0.1) is 0 Å². The Morgan fingerprint density at radius 1 is 1.25 bits per heavy atom. The van der Waals surface area contributed by atoms with E-state index in [0.717, 1.165) is 6.07 Å². The largest absolute Gasteiger partial charge is 0.573 e. The Kier molecular flexibility index (Phi) is 5.09. The van der Waals surface area contributed by atoms with Crippen LogP contribution in [0.1, 0.15) is 21.6 Å². The zero-order valence-electron chi connectivity index (χ0n) is 12.2. The molecule has 3 nitrogen and oxygen atoms in total. The summed E-state index contributed by atoms with van der Waals surface area (Å²) in [6, 6.07) is 6.81. The molecule has 2 rings (SSSR count). The van der Waals surface area contributed by atoms with Gasteiger partial charge in [-0.2, -0.15) is 0 Å². The van der Waals surface area contributed by atoms with Gasteiger partial charge in [0.1, 0.15) is 5.75 Å². The van der Waals surface area contributed by atoms with E-state index in [1.807, 2.05) is 0 Å². The van der Waals surface area contributed by atoms with E-state index in [9.17, 15) is 18.0 Å². The van der Waals surface area contributed by atoms with Crippen LogP contribution in [0.3, 0.4) is 0 Å². The molecule has 0 atom stereocenters. The minimum atomic E-state index is -4.88. The number of hydrogen-bond donors (Lipinski definition) is 0. The molecule has 1 aromatic heterocycles. The summed E-state index contributed by atoms with van der Waals surface area (Å²) in [7, 11) is 0. The number of hydrogen-bond acceptors (Lipinski definition) is 3. The Hall–Kier alpha value is -2.60. The Morgan fingerprint density at radius 2 is 1.92 bits per heavy atom. The number of rotatable bonds is 5. The number of ether oxygens (including phenoxy) is 1. The second kappa shape index (κ2) is 6.88. The van der Waals surface area contributed by atoms with Crippen molar-refractivity contribution in [3.05, 3.63) is 60.3 Å². The maximum absolute atomic E-state index is 12.6. The molecule has 0 aliphatic heterocycles. The highest BCUT2D eigenvalue weighted by atomic mass is 35.5. The number of carbonyl (C=O) groups excluding carboxylic acids is 1. The summed E-state index contributed by atoms with van der Waals surface area (Å²) in [5.41, 5.74) is 0.743. The van der Waals surface area contributed by atoms with Gasteiger partial charge in [0, 0.05) is 16.7 Å². The standard InChI is InChI=1S/C17H11ClF3NO2/c1-3-11-8-12(9-23)16(22-15(11)10(2)18)13-6-4-5-7-14(13)24-17(19,20)21/h3-9H,1-2H2. The van der Waals surface area contributed by atoms with Crippen LogP contribution in [0.15, 0.2) is 43.5 Å². The van der Waals surface area contributed by atoms with E-state index in [-0.39, 0.29) is 27.5 Å². The number of carbonyl (C=O) groups is 1. The highest BCUT2D eigenvalue weighted by Gasteiger charge is 2.32. The normalized spacial score (nSPS) is 11.0. The molecular weight excluding hydrogens is 343 g/mol. The minimum absolute atomic E-state index is 0.00621. The van der Waals surface area contributed by atoms with Gasteiger partial charge in [0.25, 0.3) is 0 Å². The molecule has 2 aromatic rings. The lowest BCUT2D eigenvalue weighted by molar-refractivity contribution is -0.274. The molecular formula is C17H11ClF3NO2. The van der Waals surface area contributed by atoms with Crippen LogP contribution < -0.4 is 4.74 Å². The molecule has 0 saturated carbocycles. The SMILES string of the molecule is C=Cc1cc(C=O)c(-c2ccccc2OC(F)(F)F)nc1C(=C)Cl. The number of halogens is 4. The molecule has 0 spiro atoms. The second-order valence-electron chi connectivity index (χ2n) is 4.63. The van der Waals surface area contributed by atoms with E-state index >= 15 is 0 Å². The molecule has 124 valence electrons. The highest BCUT2D eigenvalue weighted by Crippen LogP contribution is 2.36. The molecule has 1 heterocycles. The van der Waals surface area contributed by atoms with Crippen molar-refractivity contribution in [2.24, 2.45) is 0 Å². The van der Waals surface area contributed by atoms with E-state index in [1.165, 1.54) is 30.3 Å². The molecule has 0 radical (unpaired) electrons. The number of pyridine rings is 1. The highest BCUT2D eigenvalue weighted by molar-refractivity contribution is 6.48. The van der Waals surface area contributed by atoms with Crippen molar-refractivity contribution in [1.29, 1.82) is 0 Å². The van der Waals surface area contributed by atoms with Gasteiger partial charge >= 0.3 is 6.36 Å². The maximum Gasteiger partial charge on any atom is 0.573 e. The van der Waals surface area contributed by atoms with Crippen molar-refractivity contribution in [3.8, 4) is 17.0 Å². The molecule has 7 heteroatoms. The van der Waals surface area contributed by atoms with Gasteiger partial charge in [0.05, 0.1) is 16.4 Å². The zero-order chi connectivity index (χ0) is 17.9. The smallest absolute Gasteiger partial charge is 0.405 e. The summed E-state index contributed by atoms with van der Waals surface area (Å²) in [4.78, 5) is 15.5. The van der Waals surface area contributed by atoms with Gasteiger partial charge in [-0.1, -0.05) is 43.0 Å². The number of alkyl halides is 3. The van der Waals surface area contributed by atoms with Crippen LogP contribution in [0.5, 0.6) is 5.75 Å². The minimum Gasteiger partial charge on any atom is -0.405 e. The molecule has 0 bridgehead atoms. The van der Waals surface area contributed by atoms with E-state index in [4.69, 9.17) is 11.6 Å². The molecule has 0 unspecified atom stereocenters. The van der Waals surface area contributed by atoms with E-state index in [1.54, 1.807) is 0 Å². The first kappa shape index (κ1) is 17.7. The average Bonchev–Trinajstić information content (AvgIpc) is 2.52. The quantitative estimate of drug-likeness (QED) is 0.683. The summed E-state index contributed by atoms with van der Waals surface area (Å²) in [6.45, 7) is 7.15. The first-order valence-electron chi connectivity index (χ1n) is 6.59. The van der Waals surface area contributed by atoms with Gasteiger partial charge in [0.2, 0.25) is 0 Å². The van der Waals surface area contributed by atoms with E-state index < -0.39 is 12.1 Å². The van der Waals surface area contributed by atoms with Crippen molar-refractivity contribution in [2.75, 3.05) is 0 Å². The lowest BCUT2D eigenvalue weighted by atomic mass is 10.0. The van der Waals surface area contributed by atoms with Crippen molar-refractivity contribution in [3.63, 3.8) is 0 Å². The molecule has 0 aliphatic rings. The number of aromatic nitrogens is 1. The number of aldehydes is 1. The van der Waals surface area contributed by atoms with Gasteiger partial charge in [-0.3, -0.25) is 4.79 Å². The van der Waals surface area contributed by atoms with Crippen molar-refractivity contribution >= 4 is 29.0 Å². The number of nitrogens with zero attached hydrogens (tertiary/aromatic N) is 1. The van der Waals surface area contributed by atoms with Crippen LogP contribution >= 0.6 is 11.6 Å². The fourth-order valence-electron chi connectivity index (χ4n) is 2.10. The third-order valence-electron chi connectivity index (χ3n) is 3.05. The Bertz CT molecular complexity index is 816. The average molecular weight is 354 g/mol. The Morgan fingerprint density at radius 3 is 2.46 bits per heavy atom. The first-order chi connectivity index (χ1) is 11.3. The molecule has 0 aliphatic carbocycles. The lowest BCUT2D eigenvalue weighted by Crippen LogP contribution is -2.17. The molecule has 0 amide bonds. The van der Waals surface area contributed by atoms with Crippen molar-refractivity contribution in [1.82, 2.24) is 4.98 Å². The van der Waals surface area contributed by atoms with Gasteiger partial charge in [-0.15, -0.1) is 13.2 Å². The molecule has 24 heavy (non-hydrogen) atoms. The Labute approximate surface area is 141 Å². The molecule has 0 N–H and O–H groups in total. The summed E-state index contributed by atoms with van der Waals surface area (Å²) in [6.07, 6.45) is -2.97. The maximum atomic E-state index is 12.6. The molecule has 0 fully saturated rings. The monoisotopic (exact) mass is 353 g/mol. The van der Waals surface area contributed by atoms with E-state index in [2.05, 4.69) is 22.9 Å². The fraction of sp³-hybridized carbons (Fsp3) is 0.0588. The number of para-hydroxylation sites is 1. The molecule has 1 aromatic carbocycles. The Balaban J connectivity index is 2.73. The number of benzene rings is 1. The fourth-order valence-corrected chi connectivity index (χ4v) is 2.25.